The summed E-state index contributed by atoms with van der Waals surface area (Å²) < 4.78 is 1.18. The first-order valence-corrected chi connectivity index (χ1v) is 8.58. The van der Waals surface area contributed by atoms with Gasteiger partial charge in [0, 0.05) is 0 Å². The molecular formula is C20H18ClIN2. The van der Waals surface area contributed by atoms with Crippen LogP contribution in [0, 0.1) is 10.5 Å². The molecular weight excluding hydrogens is 431 g/mol. The summed E-state index contributed by atoms with van der Waals surface area (Å²) in [5.74, 6) is 0.971. The number of benzene rings is 3. The third-order valence-electron chi connectivity index (χ3n) is 3.52. The van der Waals surface area contributed by atoms with E-state index in [0.717, 1.165) is 22.8 Å². The van der Waals surface area contributed by atoms with Gasteiger partial charge in [0.1, 0.15) is 11.4 Å². The van der Waals surface area contributed by atoms with E-state index >= 15 is 0 Å². The van der Waals surface area contributed by atoms with E-state index in [0.29, 0.717) is 0 Å². The van der Waals surface area contributed by atoms with Gasteiger partial charge in [-0.15, -0.1) is 0 Å². The molecule has 0 unspecified atom stereocenters. The van der Waals surface area contributed by atoms with Crippen molar-refractivity contribution in [3.63, 3.8) is 0 Å². The summed E-state index contributed by atoms with van der Waals surface area (Å²) in [6, 6.07) is 27.0. The largest absolute Gasteiger partial charge is 1.00 e. The number of amidine groups is 1. The molecule has 3 rings (SSSR count). The molecule has 2 N–H and O–H groups in total. The maximum Gasteiger partial charge on any atom is 0.285 e. The van der Waals surface area contributed by atoms with Crippen LogP contribution >= 0.6 is 22.6 Å². The summed E-state index contributed by atoms with van der Waals surface area (Å²) in [7, 11) is 0. The highest BCUT2D eigenvalue weighted by molar-refractivity contribution is 14.1. The maximum absolute atomic E-state index is 3.52. The van der Waals surface area contributed by atoms with Crippen molar-refractivity contribution in [2.75, 3.05) is 5.32 Å². The van der Waals surface area contributed by atoms with Crippen molar-refractivity contribution >= 4 is 39.8 Å². The van der Waals surface area contributed by atoms with Crippen LogP contribution in [0.1, 0.15) is 11.1 Å². The van der Waals surface area contributed by atoms with Crippen LogP contribution in [-0.4, -0.2) is 5.84 Å². The smallest absolute Gasteiger partial charge is 0.285 e. The van der Waals surface area contributed by atoms with Gasteiger partial charge in [-0.3, -0.25) is 0 Å². The topological polar surface area (TPSA) is 26.0 Å². The molecule has 0 aliphatic heterocycles. The standard InChI is InChI=1S/C20H17IN2.ClH/c1-15-11-13-17(14-12-15)22-20(16-7-3-2-4-8-16)23-19-10-6-5-9-18(19)21;/h2-14H,1H3,(H,22,23);1H. The second kappa shape index (κ2) is 8.85. The number of hydrogen-bond donors (Lipinski definition) is 2. The van der Waals surface area contributed by atoms with Gasteiger partial charge in [0.15, 0.2) is 0 Å². The highest BCUT2D eigenvalue weighted by Crippen LogP contribution is 2.13. The van der Waals surface area contributed by atoms with E-state index in [1.807, 2.05) is 30.3 Å². The van der Waals surface area contributed by atoms with Crippen molar-refractivity contribution in [3.05, 3.63) is 93.6 Å². The molecule has 0 fully saturated rings. The second-order valence-electron chi connectivity index (χ2n) is 5.34. The summed E-state index contributed by atoms with van der Waals surface area (Å²) >= 11 is 2.34. The highest BCUT2D eigenvalue weighted by Gasteiger charge is 2.12. The van der Waals surface area contributed by atoms with Gasteiger partial charge in [0.2, 0.25) is 0 Å². The Morgan fingerprint density at radius 3 is 2.12 bits per heavy atom. The van der Waals surface area contributed by atoms with Crippen molar-refractivity contribution in [1.29, 1.82) is 0 Å². The van der Waals surface area contributed by atoms with Crippen LogP contribution < -0.4 is 22.7 Å². The molecule has 0 aromatic heterocycles. The summed E-state index contributed by atoms with van der Waals surface area (Å²) in [4.78, 5) is 3.52. The van der Waals surface area contributed by atoms with Crippen LogP contribution in [-0.2, 0) is 0 Å². The van der Waals surface area contributed by atoms with Gasteiger partial charge in [-0.1, -0.05) is 48.0 Å². The molecule has 0 aliphatic carbocycles. The first kappa shape index (κ1) is 18.5. The molecule has 3 aromatic rings. The van der Waals surface area contributed by atoms with E-state index in [4.69, 9.17) is 0 Å². The van der Waals surface area contributed by atoms with E-state index in [2.05, 4.69) is 88.4 Å². The number of aryl methyl sites for hydroxylation is 1. The van der Waals surface area contributed by atoms with Crippen LogP contribution in [0.15, 0.2) is 78.9 Å². The predicted octanol–water partition coefficient (Wildman–Crippen LogP) is 0.875. The van der Waals surface area contributed by atoms with Crippen LogP contribution in [0.25, 0.3) is 0 Å². The molecule has 0 spiro atoms. The molecule has 24 heavy (non-hydrogen) atoms. The summed E-state index contributed by atoms with van der Waals surface area (Å²) in [6.45, 7) is 2.09. The van der Waals surface area contributed by atoms with Gasteiger partial charge >= 0.3 is 0 Å². The van der Waals surface area contributed by atoms with E-state index in [-0.39, 0.29) is 12.4 Å². The van der Waals surface area contributed by atoms with Crippen molar-refractivity contribution in [2.45, 2.75) is 6.92 Å². The van der Waals surface area contributed by atoms with Crippen LogP contribution in [0.2, 0.25) is 0 Å². The summed E-state index contributed by atoms with van der Waals surface area (Å²) in [6.07, 6.45) is 0. The minimum Gasteiger partial charge on any atom is -1.00 e. The number of anilines is 1. The molecule has 0 aliphatic rings. The Balaban J connectivity index is 0.00000208. The zero-order valence-corrected chi connectivity index (χ0v) is 16.2. The Morgan fingerprint density at radius 2 is 1.46 bits per heavy atom. The molecule has 0 bridgehead atoms. The maximum atomic E-state index is 3.52. The fraction of sp³-hybridized carbons (Fsp3) is 0.0500. The van der Waals surface area contributed by atoms with E-state index in [1.54, 1.807) is 0 Å². The van der Waals surface area contributed by atoms with E-state index in [9.17, 15) is 0 Å². The molecule has 0 atom stereocenters. The van der Waals surface area contributed by atoms with Gasteiger partial charge in [-0.25, -0.2) is 10.3 Å². The molecule has 0 saturated heterocycles. The number of hydrogen-bond acceptors (Lipinski definition) is 0. The fourth-order valence-electron chi connectivity index (χ4n) is 2.26. The molecule has 3 aromatic carbocycles. The van der Waals surface area contributed by atoms with Gasteiger partial charge in [-0.05, 0) is 65.9 Å². The molecule has 0 amide bonds. The van der Waals surface area contributed by atoms with Crippen molar-refractivity contribution in [2.24, 2.45) is 0 Å². The minimum absolute atomic E-state index is 0. The van der Waals surface area contributed by atoms with Gasteiger partial charge < -0.3 is 12.4 Å². The number of nitrogens with one attached hydrogen (secondary N) is 2. The Bertz CT molecular complexity index is 815. The SMILES string of the molecule is Cc1ccc(NC(=[NH+]c2ccccc2I)c2ccccc2)cc1.[Cl-]. The Hall–Kier alpha value is -1.85. The van der Waals surface area contributed by atoms with Crippen LogP contribution in [0.4, 0.5) is 11.4 Å². The minimum atomic E-state index is 0. The van der Waals surface area contributed by atoms with E-state index in [1.165, 1.54) is 9.13 Å². The lowest BCUT2D eigenvalue weighted by atomic mass is 10.2. The monoisotopic (exact) mass is 448 g/mol. The molecule has 122 valence electrons. The lowest BCUT2D eigenvalue weighted by Gasteiger charge is -2.05. The third-order valence-corrected chi connectivity index (χ3v) is 4.46. The van der Waals surface area contributed by atoms with Crippen molar-refractivity contribution < 1.29 is 17.4 Å². The number of rotatable bonds is 3. The summed E-state index contributed by atoms with van der Waals surface area (Å²) in [5, 5.41) is 3.50. The molecule has 4 heteroatoms. The Labute approximate surface area is 162 Å². The lowest BCUT2D eigenvalue weighted by molar-refractivity contribution is -0.354. The van der Waals surface area contributed by atoms with Crippen LogP contribution in [0.5, 0.6) is 0 Å². The van der Waals surface area contributed by atoms with Crippen molar-refractivity contribution in [3.8, 4) is 0 Å². The predicted molar refractivity (Wildman–Crippen MR) is 105 cm³/mol. The average molecular weight is 449 g/mol. The van der Waals surface area contributed by atoms with Crippen molar-refractivity contribution in [1.82, 2.24) is 0 Å². The van der Waals surface area contributed by atoms with Gasteiger partial charge in [0.25, 0.3) is 5.84 Å². The average Bonchev–Trinajstić information content (AvgIpc) is 2.59. The first-order valence-electron chi connectivity index (χ1n) is 7.50. The normalized spacial score (nSPS) is 10.8. The molecule has 2 nitrogen and oxygen atoms in total. The van der Waals surface area contributed by atoms with Gasteiger partial charge in [0.05, 0.1) is 9.13 Å². The quantitative estimate of drug-likeness (QED) is 0.347. The molecule has 0 heterocycles. The first-order chi connectivity index (χ1) is 11.2. The van der Waals surface area contributed by atoms with Crippen LogP contribution in [0.3, 0.4) is 0 Å². The lowest BCUT2D eigenvalue weighted by Crippen LogP contribution is -3.00. The number of halogens is 2. The Morgan fingerprint density at radius 1 is 0.833 bits per heavy atom. The molecule has 0 radical (unpaired) electrons. The fourth-order valence-corrected chi connectivity index (χ4v) is 2.78. The highest BCUT2D eigenvalue weighted by atomic mass is 127. The second-order valence-corrected chi connectivity index (χ2v) is 6.50. The molecule has 0 saturated carbocycles. The summed E-state index contributed by atoms with van der Waals surface area (Å²) in [5.41, 5.74) is 4.52. The number of para-hydroxylation sites is 1. The van der Waals surface area contributed by atoms with E-state index < -0.39 is 0 Å². The Kier molecular flexibility index (Phi) is 6.82. The zero-order chi connectivity index (χ0) is 16.1. The zero-order valence-electron chi connectivity index (χ0n) is 13.3. The third kappa shape index (κ3) is 4.82. The van der Waals surface area contributed by atoms with Gasteiger partial charge in [-0.2, -0.15) is 0 Å².